The first kappa shape index (κ1) is 19.1. The molecule has 25 heavy (non-hydrogen) atoms. The van der Waals surface area contributed by atoms with Crippen LogP contribution in [0.4, 0.5) is 0 Å². The molecule has 0 spiro atoms. The first-order valence-electron chi connectivity index (χ1n) is 8.19. The third-order valence-electron chi connectivity index (χ3n) is 3.90. The summed E-state index contributed by atoms with van der Waals surface area (Å²) < 4.78 is 11.0. The summed E-state index contributed by atoms with van der Waals surface area (Å²) >= 11 is 0. The maximum atomic E-state index is 12.0. The third-order valence-corrected chi connectivity index (χ3v) is 3.90. The Bertz CT molecular complexity index is 722. The van der Waals surface area contributed by atoms with Gasteiger partial charge in [-0.2, -0.15) is 0 Å². The second-order valence-corrected chi connectivity index (χ2v) is 5.65. The largest absolute Gasteiger partial charge is 0.490 e. The summed E-state index contributed by atoms with van der Waals surface area (Å²) in [4.78, 5) is 12.0. The van der Waals surface area contributed by atoms with Crippen LogP contribution in [-0.2, 0) is 24.4 Å². The lowest BCUT2D eigenvalue weighted by Gasteiger charge is -2.12. The van der Waals surface area contributed by atoms with Crippen LogP contribution in [0.15, 0.2) is 42.5 Å². The highest BCUT2D eigenvalue weighted by Crippen LogP contribution is 2.26. The van der Waals surface area contributed by atoms with Gasteiger partial charge >= 0.3 is 0 Å². The molecule has 0 aliphatic carbocycles. The van der Waals surface area contributed by atoms with E-state index in [1.807, 2.05) is 25.1 Å². The van der Waals surface area contributed by atoms with E-state index in [9.17, 15) is 4.79 Å². The highest BCUT2D eigenvalue weighted by Gasteiger charge is 2.11. The molecule has 0 atom stereocenters. The molecule has 2 aromatic rings. The van der Waals surface area contributed by atoms with E-state index in [4.69, 9.17) is 9.47 Å². The maximum absolute atomic E-state index is 12.0. The molecule has 1 heterocycles. The number of rotatable bonds is 7. The van der Waals surface area contributed by atoms with Crippen molar-refractivity contribution in [2.24, 2.45) is 0 Å². The molecule has 2 aromatic carbocycles. The summed E-state index contributed by atoms with van der Waals surface area (Å²) in [5.74, 6) is 1.08. The quantitative estimate of drug-likeness (QED) is 0.795. The number of halogens is 1. The number of amides is 1. The fourth-order valence-electron chi connectivity index (χ4n) is 2.70. The number of hydrogen-bond donors (Lipinski definition) is 2. The molecule has 1 amide bonds. The van der Waals surface area contributed by atoms with Gasteiger partial charge in [-0.15, -0.1) is 12.4 Å². The molecular formula is C19H23ClN2O3. The molecule has 0 unspecified atom stereocenters. The Balaban J connectivity index is 0.00000225. The number of carbonyl (C=O) groups is 1. The molecule has 134 valence electrons. The van der Waals surface area contributed by atoms with Gasteiger partial charge in [0.15, 0.2) is 18.1 Å². The molecule has 6 heteroatoms. The molecule has 0 radical (unpaired) electrons. The summed E-state index contributed by atoms with van der Waals surface area (Å²) in [5.41, 5.74) is 3.74. The number of ether oxygens (including phenoxy) is 2. The van der Waals surface area contributed by atoms with Crippen molar-refractivity contribution < 1.29 is 14.3 Å². The van der Waals surface area contributed by atoms with Crippen LogP contribution in [0.3, 0.4) is 0 Å². The fraction of sp³-hybridized carbons (Fsp3) is 0.316. The lowest BCUT2D eigenvalue weighted by Crippen LogP contribution is -2.28. The number of carbonyl (C=O) groups excluding carboxylic acids is 1. The highest BCUT2D eigenvalue weighted by molar-refractivity contribution is 5.85. The molecule has 2 N–H and O–H groups in total. The molecule has 0 saturated heterocycles. The minimum absolute atomic E-state index is 0. The van der Waals surface area contributed by atoms with Crippen LogP contribution in [0.2, 0.25) is 0 Å². The van der Waals surface area contributed by atoms with Gasteiger partial charge in [-0.1, -0.05) is 30.3 Å². The monoisotopic (exact) mass is 362 g/mol. The Morgan fingerprint density at radius 2 is 1.80 bits per heavy atom. The molecule has 0 aromatic heterocycles. The van der Waals surface area contributed by atoms with Crippen LogP contribution >= 0.6 is 12.4 Å². The first-order valence-corrected chi connectivity index (χ1v) is 8.19. The van der Waals surface area contributed by atoms with E-state index in [-0.39, 0.29) is 24.9 Å². The third kappa shape index (κ3) is 5.11. The number of fused-ring (bicyclic) bond motifs is 1. The summed E-state index contributed by atoms with van der Waals surface area (Å²) in [6.45, 7) is 4.76. The average molecular weight is 363 g/mol. The van der Waals surface area contributed by atoms with Gasteiger partial charge in [-0.3, -0.25) is 4.79 Å². The summed E-state index contributed by atoms with van der Waals surface area (Å²) in [7, 11) is 0. The Morgan fingerprint density at radius 3 is 2.56 bits per heavy atom. The highest BCUT2D eigenvalue weighted by atomic mass is 35.5. The van der Waals surface area contributed by atoms with Crippen molar-refractivity contribution in [1.29, 1.82) is 0 Å². The van der Waals surface area contributed by atoms with Crippen LogP contribution in [0.5, 0.6) is 11.5 Å². The first-order chi connectivity index (χ1) is 11.8. The minimum Gasteiger partial charge on any atom is -0.490 e. The van der Waals surface area contributed by atoms with Gasteiger partial charge < -0.3 is 20.1 Å². The molecular weight excluding hydrogens is 340 g/mol. The second-order valence-electron chi connectivity index (χ2n) is 5.65. The molecule has 1 aliphatic rings. The lowest BCUT2D eigenvalue weighted by molar-refractivity contribution is -0.123. The Labute approximate surface area is 154 Å². The predicted molar refractivity (Wildman–Crippen MR) is 99.2 cm³/mol. The van der Waals surface area contributed by atoms with E-state index in [0.29, 0.717) is 24.7 Å². The van der Waals surface area contributed by atoms with Crippen molar-refractivity contribution in [2.75, 3.05) is 13.2 Å². The van der Waals surface area contributed by atoms with Crippen LogP contribution in [0, 0.1) is 0 Å². The van der Waals surface area contributed by atoms with Crippen LogP contribution in [0.1, 0.15) is 23.6 Å². The Morgan fingerprint density at radius 1 is 1.08 bits per heavy atom. The summed E-state index contributed by atoms with van der Waals surface area (Å²) in [6.07, 6.45) is 0. The average Bonchev–Trinajstić information content (AvgIpc) is 3.07. The SMILES string of the molecule is CCOc1ccccc1OCC(=O)NCc1ccc2c(c1)CNC2.Cl. The Kier molecular flexibility index (Phi) is 7.10. The Hall–Kier alpha value is -2.24. The predicted octanol–water partition coefficient (Wildman–Crippen LogP) is 2.81. The zero-order valence-corrected chi connectivity index (χ0v) is 15.0. The van der Waals surface area contributed by atoms with Gasteiger partial charge in [0.05, 0.1) is 6.61 Å². The zero-order chi connectivity index (χ0) is 16.8. The van der Waals surface area contributed by atoms with E-state index < -0.39 is 0 Å². The molecule has 0 fully saturated rings. The van der Waals surface area contributed by atoms with E-state index in [1.54, 1.807) is 6.07 Å². The molecule has 0 bridgehead atoms. The van der Waals surface area contributed by atoms with Crippen molar-refractivity contribution in [3.05, 3.63) is 59.2 Å². The smallest absolute Gasteiger partial charge is 0.258 e. The number of nitrogens with one attached hydrogen (secondary N) is 2. The van der Waals surface area contributed by atoms with Gasteiger partial charge in [0, 0.05) is 19.6 Å². The van der Waals surface area contributed by atoms with Gasteiger partial charge in [-0.25, -0.2) is 0 Å². The standard InChI is InChI=1S/C19H22N2O3.ClH/c1-2-23-17-5-3-4-6-18(17)24-13-19(22)21-10-14-7-8-15-11-20-12-16(15)9-14;/h3-9,20H,2,10-13H2,1H3,(H,21,22);1H. The van der Waals surface area contributed by atoms with Gasteiger partial charge in [0.2, 0.25) is 0 Å². The van der Waals surface area contributed by atoms with Gasteiger partial charge in [-0.05, 0) is 35.7 Å². The summed E-state index contributed by atoms with van der Waals surface area (Å²) in [5, 5.41) is 6.20. The van der Waals surface area contributed by atoms with E-state index >= 15 is 0 Å². The van der Waals surface area contributed by atoms with Crippen molar-refractivity contribution >= 4 is 18.3 Å². The topological polar surface area (TPSA) is 59.6 Å². The van der Waals surface area contributed by atoms with Crippen LogP contribution < -0.4 is 20.1 Å². The fourth-order valence-corrected chi connectivity index (χ4v) is 2.70. The van der Waals surface area contributed by atoms with Crippen molar-refractivity contribution in [3.8, 4) is 11.5 Å². The second kappa shape index (κ2) is 9.30. The molecule has 1 aliphatic heterocycles. The number of hydrogen-bond acceptors (Lipinski definition) is 4. The minimum atomic E-state index is -0.153. The maximum Gasteiger partial charge on any atom is 0.258 e. The van der Waals surface area contributed by atoms with E-state index in [2.05, 4.69) is 28.8 Å². The van der Waals surface area contributed by atoms with Crippen molar-refractivity contribution in [1.82, 2.24) is 10.6 Å². The van der Waals surface area contributed by atoms with Crippen molar-refractivity contribution in [2.45, 2.75) is 26.6 Å². The van der Waals surface area contributed by atoms with E-state index in [1.165, 1.54) is 11.1 Å². The summed E-state index contributed by atoms with van der Waals surface area (Å²) in [6, 6.07) is 13.7. The van der Waals surface area contributed by atoms with E-state index in [0.717, 1.165) is 18.7 Å². The number of benzene rings is 2. The molecule has 3 rings (SSSR count). The number of para-hydroxylation sites is 2. The normalized spacial score (nSPS) is 12.0. The van der Waals surface area contributed by atoms with Crippen LogP contribution in [0.25, 0.3) is 0 Å². The van der Waals surface area contributed by atoms with Crippen LogP contribution in [-0.4, -0.2) is 19.1 Å². The van der Waals surface area contributed by atoms with Crippen molar-refractivity contribution in [3.63, 3.8) is 0 Å². The molecule has 5 nitrogen and oxygen atoms in total. The van der Waals surface area contributed by atoms with Gasteiger partial charge in [0.25, 0.3) is 5.91 Å². The lowest BCUT2D eigenvalue weighted by atomic mass is 10.1. The van der Waals surface area contributed by atoms with Gasteiger partial charge in [0.1, 0.15) is 0 Å². The zero-order valence-electron chi connectivity index (χ0n) is 14.2. The molecule has 0 saturated carbocycles.